The summed E-state index contributed by atoms with van der Waals surface area (Å²) < 4.78 is 10.1. The van der Waals surface area contributed by atoms with Crippen molar-refractivity contribution in [2.45, 2.75) is 6.42 Å². The molecule has 7 heteroatoms. The molecule has 24 heavy (non-hydrogen) atoms. The predicted molar refractivity (Wildman–Crippen MR) is 92.1 cm³/mol. The molecule has 0 radical (unpaired) electrons. The number of hydrazone groups is 1. The maximum absolute atomic E-state index is 11.9. The van der Waals surface area contributed by atoms with E-state index >= 15 is 0 Å². The molecule has 2 aromatic rings. The molecule has 1 amide bonds. The van der Waals surface area contributed by atoms with Crippen LogP contribution in [-0.2, 0) is 11.2 Å². The molecule has 0 saturated heterocycles. The molecule has 0 aliphatic carbocycles. The van der Waals surface area contributed by atoms with Crippen LogP contribution >= 0.6 is 11.6 Å². The first-order valence-electron chi connectivity index (χ1n) is 7.05. The third-order valence-corrected chi connectivity index (χ3v) is 3.58. The Morgan fingerprint density at radius 2 is 2.04 bits per heavy atom. The molecule has 2 aromatic carbocycles. The lowest BCUT2D eigenvalue weighted by atomic mass is 10.1. The predicted octanol–water partition coefficient (Wildman–Crippen LogP) is 2.76. The Hall–Kier alpha value is -2.73. The van der Waals surface area contributed by atoms with Crippen molar-refractivity contribution in [1.82, 2.24) is 5.43 Å². The lowest BCUT2D eigenvalue weighted by molar-refractivity contribution is -0.120. The topological polar surface area (TPSA) is 80.2 Å². The fourth-order valence-corrected chi connectivity index (χ4v) is 2.16. The molecule has 0 spiro atoms. The van der Waals surface area contributed by atoms with Crippen LogP contribution < -0.4 is 14.9 Å². The van der Waals surface area contributed by atoms with Crippen molar-refractivity contribution in [2.75, 3.05) is 14.2 Å². The van der Waals surface area contributed by atoms with Crippen LogP contribution in [0.5, 0.6) is 17.2 Å². The van der Waals surface area contributed by atoms with Crippen LogP contribution in [0.4, 0.5) is 0 Å². The molecule has 0 aliphatic heterocycles. The van der Waals surface area contributed by atoms with Crippen molar-refractivity contribution >= 4 is 23.7 Å². The first-order chi connectivity index (χ1) is 11.5. The van der Waals surface area contributed by atoms with E-state index in [1.165, 1.54) is 19.4 Å². The highest BCUT2D eigenvalue weighted by molar-refractivity contribution is 6.31. The fourth-order valence-electron chi connectivity index (χ4n) is 1.98. The SMILES string of the molecule is COc1ccc(Cl)c(CC(=O)N/N=C/c2ccc(O)c(OC)c2)c1. The van der Waals surface area contributed by atoms with Gasteiger partial charge in [0, 0.05) is 5.02 Å². The maximum Gasteiger partial charge on any atom is 0.244 e. The van der Waals surface area contributed by atoms with Crippen molar-refractivity contribution in [2.24, 2.45) is 5.10 Å². The highest BCUT2D eigenvalue weighted by atomic mass is 35.5. The number of ether oxygens (including phenoxy) is 2. The molecule has 0 aromatic heterocycles. The van der Waals surface area contributed by atoms with Crippen LogP contribution in [0.25, 0.3) is 0 Å². The summed E-state index contributed by atoms with van der Waals surface area (Å²) in [6.45, 7) is 0. The molecule has 0 unspecified atom stereocenters. The minimum Gasteiger partial charge on any atom is -0.504 e. The highest BCUT2D eigenvalue weighted by Gasteiger charge is 2.08. The van der Waals surface area contributed by atoms with Crippen LogP contribution in [0.1, 0.15) is 11.1 Å². The second kappa shape index (κ2) is 8.21. The molecule has 0 aliphatic rings. The van der Waals surface area contributed by atoms with Crippen LogP contribution in [-0.4, -0.2) is 31.4 Å². The van der Waals surface area contributed by atoms with E-state index in [1.54, 1.807) is 37.4 Å². The minimum absolute atomic E-state index is 0.0337. The fraction of sp³-hybridized carbons (Fsp3) is 0.176. The van der Waals surface area contributed by atoms with Gasteiger partial charge >= 0.3 is 0 Å². The van der Waals surface area contributed by atoms with Gasteiger partial charge in [0.2, 0.25) is 5.91 Å². The summed E-state index contributed by atoms with van der Waals surface area (Å²) in [6, 6.07) is 9.83. The molecule has 0 atom stereocenters. The number of carbonyl (C=O) groups is 1. The normalized spacial score (nSPS) is 10.6. The first-order valence-corrected chi connectivity index (χ1v) is 7.42. The summed E-state index contributed by atoms with van der Waals surface area (Å²) in [6.07, 6.45) is 1.53. The Labute approximate surface area is 144 Å². The summed E-state index contributed by atoms with van der Waals surface area (Å²) in [5.41, 5.74) is 3.74. The maximum atomic E-state index is 11.9. The quantitative estimate of drug-likeness (QED) is 0.621. The van der Waals surface area contributed by atoms with Crippen molar-refractivity contribution in [3.05, 3.63) is 52.5 Å². The average Bonchev–Trinajstić information content (AvgIpc) is 2.58. The van der Waals surface area contributed by atoms with Gasteiger partial charge in [0.25, 0.3) is 0 Å². The highest BCUT2D eigenvalue weighted by Crippen LogP contribution is 2.25. The van der Waals surface area contributed by atoms with Crippen molar-refractivity contribution < 1.29 is 19.4 Å². The second-order valence-electron chi connectivity index (χ2n) is 4.86. The second-order valence-corrected chi connectivity index (χ2v) is 5.27. The number of phenolic OH excluding ortho intramolecular Hbond substituents is 1. The smallest absolute Gasteiger partial charge is 0.244 e. The van der Waals surface area contributed by atoms with E-state index in [-0.39, 0.29) is 18.1 Å². The van der Waals surface area contributed by atoms with E-state index in [4.69, 9.17) is 21.1 Å². The van der Waals surface area contributed by atoms with Gasteiger partial charge in [-0.25, -0.2) is 5.43 Å². The monoisotopic (exact) mass is 348 g/mol. The van der Waals surface area contributed by atoms with Gasteiger partial charge in [-0.3, -0.25) is 4.79 Å². The third-order valence-electron chi connectivity index (χ3n) is 3.21. The number of amides is 1. The zero-order valence-corrected chi connectivity index (χ0v) is 14.0. The molecule has 0 bridgehead atoms. The van der Waals surface area contributed by atoms with Crippen molar-refractivity contribution in [1.29, 1.82) is 0 Å². The largest absolute Gasteiger partial charge is 0.504 e. The minimum atomic E-state index is -0.313. The Morgan fingerprint density at radius 1 is 1.25 bits per heavy atom. The molecule has 2 rings (SSSR count). The van der Waals surface area contributed by atoms with Gasteiger partial charge in [-0.05, 0) is 47.5 Å². The molecular formula is C17H17ClN2O4. The van der Waals surface area contributed by atoms with E-state index in [0.29, 0.717) is 27.6 Å². The first kappa shape index (κ1) is 17.6. The Morgan fingerprint density at radius 3 is 2.75 bits per heavy atom. The Balaban J connectivity index is 1.98. The van der Waals surface area contributed by atoms with E-state index in [1.807, 2.05) is 0 Å². The number of benzene rings is 2. The third kappa shape index (κ3) is 4.63. The van der Waals surface area contributed by atoms with Gasteiger partial charge in [-0.1, -0.05) is 11.6 Å². The summed E-state index contributed by atoms with van der Waals surface area (Å²) >= 11 is 6.06. The molecule has 126 valence electrons. The van der Waals surface area contributed by atoms with E-state index in [0.717, 1.165) is 0 Å². The van der Waals surface area contributed by atoms with Gasteiger partial charge < -0.3 is 14.6 Å². The Kier molecular flexibility index (Phi) is 6.03. The summed E-state index contributed by atoms with van der Waals surface area (Å²) in [4.78, 5) is 11.9. The van der Waals surface area contributed by atoms with Crippen LogP contribution in [0.15, 0.2) is 41.5 Å². The van der Waals surface area contributed by atoms with Crippen LogP contribution in [0.3, 0.4) is 0 Å². The Bertz CT molecular complexity index is 762. The summed E-state index contributed by atoms with van der Waals surface area (Å²) in [7, 11) is 3.00. The van der Waals surface area contributed by atoms with Crippen LogP contribution in [0, 0.1) is 0 Å². The lowest BCUT2D eigenvalue weighted by Gasteiger charge is -2.06. The van der Waals surface area contributed by atoms with E-state index in [2.05, 4.69) is 10.5 Å². The van der Waals surface area contributed by atoms with E-state index in [9.17, 15) is 9.90 Å². The lowest BCUT2D eigenvalue weighted by Crippen LogP contribution is -2.20. The number of hydrogen-bond acceptors (Lipinski definition) is 5. The molecule has 0 saturated carbocycles. The van der Waals surface area contributed by atoms with Gasteiger partial charge in [0.1, 0.15) is 5.75 Å². The molecule has 6 nitrogen and oxygen atoms in total. The number of methoxy groups -OCH3 is 2. The zero-order valence-electron chi connectivity index (χ0n) is 13.2. The molecule has 2 N–H and O–H groups in total. The average molecular weight is 349 g/mol. The standard InChI is InChI=1S/C17H17ClN2O4/c1-23-13-4-5-14(18)12(8-13)9-17(22)20-19-10-11-3-6-15(21)16(7-11)24-2/h3-8,10,21H,9H2,1-2H3,(H,20,22)/b19-10+. The van der Waals surface area contributed by atoms with E-state index < -0.39 is 0 Å². The number of nitrogens with zero attached hydrogens (tertiary/aromatic N) is 1. The number of carbonyl (C=O) groups excluding carboxylic acids is 1. The molecular weight excluding hydrogens is 332 g/mol. The zero-order chi connectivity index (χ0) is 17.5. The van der Waals surface area contributed by atoms with Gasteiger partial charge in [0.15, 0.2) is 11.5 Å². The summed E-state index contributed by atoms with van der Waals surface area (Å²) in [5, 5.41) is 13.9. The van der Waals surface area contributed by atoms with Crippen LogP contribution in [0.2, 0.25) is 5.02 Å². The van der Waals surface area contributed by atoms with Gasteiger partial charge in [-0.2, -0.15) is 5.10 Å². The number of aromatic hydroxyl groups is 1. The number of nitrogens with one attached hydrogen (secondary N) is 1. The summed E-state index contributed by atoms with van der Waals surface area (Å²) in [5.74, 6) is 0.675. The number of phenols is 1. The molecule has 0 fully saturated rings. The van der Waals surface area contributed by atoms with Gasteiger partial charge in [0.05, 0.1) is 26.9 Å². The number of halogens is 1. The number of hydrogen-bond donors (Lipinski definition) is 2. The van der Waals surface area contributed by atoms with Crippen molar-refractivity contribution in [3.8, 4) is 17.2 Å². The van der Waals surface area contributed by atoms with Gasteiger partial charge in [-0.15, -0.1) is 0 Å². The number of rotatable bonds is 6. The van der Waals surface area contributed by atoms with Crippen molar-refractivity contribution in [3.63, 3.8) is 0 Å². The molecule has 0 heterocycles.